The van der Waals surface area contributed by atoms with Gasteiger partial charge in [0.1, 0.15) is 12.1 Å². The van der Waals surface area contributed by atoms with Gasteiger partial charge in [-0.15, -0.1) is 0 Å². The van der Waals surface area contributed by atoms with E-state index in [0.717, 1.165) is 4.90 Å². The first-order valence-electron chi connectivity index (χ1n) is 7.87. The Morgan fingerprint density at radius 2 is 1.70 bits per heavy atom. The van der Waals surface area contributed by atoms with Gasteiger partial charge < -0.3 is 24.8 Å². The molecule has 1 amide bonds. The van der Waals surface area contributed by atoms with Gasteiger partial charge in [0.2, 0.25) is 6.54 Å². The summed E-state index contributed by atoms with van der Waals surface area (Å²) < 4.78 is 13.7. The summed E-state index contributed by atoms with van der Waals surface area (Å²) in [6, 6.07) is 0. The van der Waals surface area contributed by atoms with Crippen LogP contribution in [-0.4, -0.2) is 74.8 Å². The normalized spacial score (nSPS) is 8.81. The topological polar surface area (TPSA) is 136 Å². The third-order valence-corrected chi connectivity index (χ3v) is 2.22. The molecule has 0 heterocycles. The Kier molecular flexibility index (Phi) is 19.2. The molecule has 0 aliphatic heterocycles. The second-order valence-corrected chi connectivity index (χ2v) is 5.57. The van der Waals surface area contributed by atoms with E-state index in [4.69, 9.17) is 22.5 Å². The van der Waals surface area contributed by atoms with E-state index in [0.29, 0.717) is 0 Å². The lowest BCUT2D eigenvalue weighted by molar-refractivity contribution is -0.142. The quantitative estimate of drug-likeness (QED) is 0.314. The molecule has 154 valence electrons. The average Bonchev–Trinajstić information content (AvgIpc) is 2.63. The molecule has 0 rings (SSSR count). The summed E-state index contributed by atoms with van der Waals surface area (Å²) in [4.78, 5) is 36.9. The van der Waals surface area contributed by atoms with Crippen molar-refractivity contribution < 1.29 is 28.6 Å². The molecule has 0 aromatic rings. The number of allylic oxidation sites excluding steroid dienone is 1. The SMILES string of the molecule is CC=C=N.COC(=O)CN.[C-]#[N+]CCN(CC(=O)OC)C(=O)OC(C)(C)C. The van der Waals surface area contributed by atoms with Gasteiger partial charge in [-0.1, -0.05) is 0 Å². The third kappa shape index (κ3) is 23.1. The summed E-state index contributed by atoms with van der Waals surface area (Å²) in [5.74, 6) is 1.14. The molecule has 27 heavy (non-hydrogen) atoms. The fourth-order valence-corrected chi connectivity index (χ4v) is 1.04. The molecule has 10 nitrogen and oxygen atoms in total. The Morgan fingerprint density at radius 1 is 1.22 bits per heavy atom. The molecular formula is C17H30N4O6. The van der Waals surface area contributed by atoms with Gasteiger partial charge in [0.15, 0.2) is 0 Å². The van der Waals surface area contributed by atoms with Gasteiger partial charge in [-0.2, -0.15) is 0 Å². The van der Waals surface area contributed by atoms with Crippen LogP contribution in [0.3, 0.4) is 0 Å². The smallest absolute Gasteiger partial charge is 0.411 e. The van der Waals surface area contributed by atoms with E-state index in [1.165, 1.54) is 14.2 Å². The summed E-state index contributed by atoms with van der Waals surface area (Å²) in [5, 5.41) is 6.15. The van der Waals surface area contributed by atoms with Crippen LogP contribution in [0.1, 0.15) is 27.7 Å². The van der Waals surface area contributed by atoms with Crippen molar-refractivity contribution in [3.63, 3.8) is 0 Å². The highest BCUT2D eigenvalue weighted by atomic mass is 16.6. The summed E-state index contributed by atoms with van der Waals surface area (Å²) in [5.41, 5.74) is 4.17. The monoisotopic (exact) mass is 386 g/mol. The maximum atomic E-state index is 11.7. The predicted octanol–water partition coefficient (Wildman–Crippen LogP) is 1.24. The summed E-state index contributed by atoms with van der Waals surface area (Å²) in [6.07, 6.45) is 0.923. The summed E-state index contributed by atoms with van der Waals surface area (Å²) in [6.45, 7) is 13.7. The van der Waals surface area contributed by atoms with Crippen molar-refractivity contribution in [3.8, 4) is 0 Å². The number of nitrogens with two attached hydrogens (primary N) is 1. The fourth-order valence-electron chi connectivity index (χ4n) is 1.04. The van der Waals surface area contributed by atoms with Gasteiger partial charge in [-0.3, -0.25) is 19.9 Å². The van der Waals surface area contributed by atoms with Crippen molar-refractivity contribution in [2.45, 2.75) is 33.3 Å². The first-order chi connectivity index (χ1) is 12.5. The summed E-state index contributed by atoms with van der Waals surface area (Å²) >= 11 is 0. The zero-order valence-electron chi connectivity index (χ0n) is 16.8. The lowest BCUT2D eigenvalue weighted by Crippen LogP contribution is -2.41. The van der Waals surface area contributed by atoms with Crippen molar-refractivity contribution in [3.05, 3.63) is 17.5 Å². The minimum absolute atomic E-state index is 0.0312. The molecule has 0 saturated carbocycles. The van der Waals surface area contributed by atoms with Crippen LogP contribution in [0.25, 0.3) is 4.85 Å². The second-order valence-electron chi connectivity index (χ2n) is 5.57. The average molecular weight is 386 g/mol. The number of amides is 1. The highest BCUT2D eigenvalue weighted by Gasteiger charge is 2.24. The van der Waals surface area contributed by atoms with E-state index >= 15 is 0 Å². The van der Waals surface area contributed by atoms with E-state index in [-0.39, 0.29) is 32.1 Å². The zero-order valence-corrected chi connectivity index (χ0v) is 16.8. The van der Waals surface area contributed by atoms with Crippen LogP contribution < -0.4 is 5.73 Å². The van der Waals surface area contributed by atoms with Crippen molar-refractivity contribution in [1.29, 1.82) is 5.41 Å². The standard InChI is InChI=1S/C11H18N2O4.C3H7NO2.C3H5N/c1-11(2,3)17-10(15)13(7-6-12-4)8-9(14)16-5;1-6-3(5)2-4;1-2-3-4/h6-8H2,1-3,5H3;2,4H2,1H3;2,4H,1H3. The molecular weight excluding hydrogens is 356 g/mol. The number of carbonyl (C=O) groups excluding carboxylic acids is 3. The Hall–Kier alpha value is -2.89. The summed E-state index contributed by atoms with van der Waals surface area (Å²) in [7, 11) is 2.54. The van der Waals surface area contributed by atoms with Crippen molar-refractivity contribution in [2.24, 2.45) is 5.73 Å². The Labute approximate surface area is 160 Å². The number of hydrogen-bond acceptors (Lipinski definition) is 8. The van der Waals surface area contributed by atoms with Crippen molar-refractivity contribution in [2.75, 3.05) is 40.4 Å². The van der Waals surface area contributed by atoms with E-state index < -0.39 is 17.7 Å². The van der Waals surface area contributed by atoms with Crippen LogP contribution in [0.15, 0.2) is 6.08 Å². The van der Waals surface area contributed by atoms with E-state index in [2.05, 4.69) is 20.2 Å². The van der Waals surface area contributed by atoms with Gasteiger partial charge in [0, 0.05) is 0 Å². The number of hydrogen-bond donors (Lipinski definition) is 2. The predicted molar refractivity (Wildman–Crippen MR) is 100 cm³/mol. The largest absolute Gasteiger partial charge is 0.468 e. The molecule has 10 heteroatoms. The van der Waals surface area contributed by atoms with Crippen molar-refractivity contribution >= 4 is 23.9 Å². The Morgan fingerprint density at radius 3 is 1.96 bits per heavy atom. The number of carbonyl (C=O) groups is 3. The molecule has 0 bridgehead atoms. The minimum atomic E-state index is -0.635. The first-order valence-corrected chi connectivity index (χ1v) is 7.87. The molecule has 0 aliphatic carbocycles. The number of methoxy groups -OCH3 is 2. The molecule has 0 radical (unpaired) electrons. The number of ether oxygens (including phenoxy) is 3. The van der Waals surface area contributed by atoms with Crippen LogP contribution in [-0.2, 0) is 23.8 Å². The maximum Gasteiger partial charge on any atom is 0.411 e. The van der Waals surface area contributed by atoms with Crippen LogP contribution in [0, 0.1) is 12.0 Å². The van der Waals surface area contributed by atoms with E-state index in [1.807, 2.05) is 0 Å². The number of rotatable bonds is 5. The third-order valence-electron chi connectivity index (χ3n) is 2.22. The highest BCUT2D eigenvalue weighted by Crippen LogP contribution is 2.09. The number of esters is 2. The number of nitrogens with zero attached hydrogens (tertiary/aromatic N) is 2. The van der Waals surface area contributed by atoms with Gasteiger partial charge in [0.25, 0.3) is 0 Å². The van der Waals surface area contributed by atoms with Crippen LogP contribution in [0.4, 0.5) is 4.79 Å². The van der Waals surface area contributed by atoms with Gasteiger partial charge in [-0.25, -0.2) is 11.4 Å². The Balaban J connectivity index is -0.000000472. The fraction of sp³-hybridized carbons (Fsp3) is 0.647. The molecule has 3 N–H and O–H groups in total. The maximum absolute atomic E-state index is 11.7. The molecule has 0 fully saturated rings. The van der Waals surface area contributed by atoms with E-state index in [9.17, 15) is 14.4 Å². The lowest BCUT2D eigenvalue weighted by Gasteiger charge is -2.25. The molecule has 0 unspecified atom stereocenters. The molecule has 0 aromatic heterocycles. The molecule has 0 aromatic carbocycles. The van der Waals surface area contributed by atoms with Crippen LogP contribution in [0.2, 0.25) is 0 Å². The second kappa shape index (κ2) is 17.9. The van der Waals surface area contributed by atoms with Gasteiger partial charge in [0.05, 0.1) is 27.3 Å². The number of nitrogens with one attached hydrogen (secondary N) is 1. The lowest BCUT2D eigenvalue weighted by atomic mass is 10.2. The molecule has 0 atom stereocenters. The molecule has 0 spiro atoms. The molecule has 0 saturated heterocycles. The van der Waals surface area contributed by atoms with Gasteiger partial charge in [-0.05, 0) is 39.6 Å². The zero-order chi connectivity index (χ0) is 21.9. The highest BCUT2D eigenvalue weighted by molar-refractivity contribution is 5.78. The van der Waals surface area contributed by atoms with Crippen molar-refractivity contribution in [1.82, 2.24) is 4.90 Å². The van der Waals surface area contributed by atoms with Crippen LogP contribution >= 0.6 is 0 Å². The Bertz CT molecular complexity index is 525. The molecule has 0 aliphatic rings. The van der Waals surface area contributed by atoms with Crippen LogP contribution in [0.5, 0.6) is 0 Å². The van der Waals surface area contributed by atoms with E-state index in [1.54, 1.807) is 33.8 Å². The minimum Gasteiger partial charge on any atom is -0.468 e. The first kappa shape index (κ1) is 28.9. The van der Waals surface area contributed by atoms with Gasteiger partial charge >= 0.3 is 18.0 Å².